The molecule has 1 aromatic heterocycles. The van der Waals surface area contributed by atoms with Crippen molar-refractivity contribution in [3.63, 3.8) is 0 Å². The summed E-state index contributed by atoms with van der Waals surface area (Å²) in [5.41, 5.74) is 4.11. The summed E-state index contributed by atoms with van der Waals surface area (Å²) in [6.45, 7) is 0. The highest BCUT2D eigenvalue weighted by molar-refractivity contribution is 7.13. The number of aryl methyl sites for hydroxylation is 1. The third-order valence-corrected chi connectivity index (χ3v) is 5.09. The number of benzene rings is 2. The van der Waals surface area contributed by atoms with Gasteiger partial charge in [0.25, 0.3) is 5.91 Å². The molecule has 4 rings (SSSR count). The Labute approximate surface area is 139 Å². The monoisotopic (exact) mass is 320 g/mol. The van der Waals surface area contributed by atoms with E-state index >= 15 is 0 Å². The Balaban J connectivity index is 1.52. The molecule has 0 bridgehead atoms. The number of hydrogen-bond acceptors (Lipinski definition) is 3. The summed E-state index contributed by atoms with van der Waals surface area (Å²) in [5.74, 6) is -0.0925. The van der Waals surface area contributed by atoms with Crippen LogP contribution in [0.1, 0.15) is 34.1 Å². The minimum atomic E-state index is -0.0925. The van der Waals surface area contributed by atoms with Gasteiger partial charge < -0.3 is 5.32 Å². The van der Waals surface area contributed by atoms with Gasteiger partial charge in [-0.1, -0.05) is 54.6 Å². The standard InChI is InChI=1S/C19H16N2OS/c22-18(20-16-11-10-13-6-4-5-9-15(13)16)17-12-23-19(21-17)14-7-2-1-3-8-14/h1-9,12,16H,10-11H2,(H,20,22). The highest BCUT2D eigenvalue weighted by atomic mass is 32.1. The summed E-state index contributed by atoms with van der Waals surface area (Å²) in [6.07, 6.45) is 1.98. The number of thiazole rings is 1. The molecule has 3 nitrogen and oxygen atoms in total. The summed E-state index contributed by atoms with van der Waals surface area (Å²) in [4.78, 5) is 17.0. The normalized spacial score (nSPS) is 16.1. The van der Waals surface area contributed by atoms with Gasteiger partial charge in [0, 0.05) is 10.9 Å². The maximum atomic E-state index is 12.5. The molecule has 1 heterocycles. The SMILES string of the molecule is O=C(NC1CCc2ccccc21)c1csc(-c2ccccc2)n1. The molecule has 0 radical (unpaired) electrons. The second-order valence-electron chi connectivity index (χ2n) is 5.67. The number of amides is 1. The van der Waals surface area contributed by atoms with Crippen molar-refractivity contribution in [1.29, 1.82) is 0 Å². The second kappa shape index (κ2) is 5.97. The summed E-state index contributed by atoms with van der Waals surface area (Å²) in [5, 5.41) is 5.83. The first-order valence-corrected chi connectivity index (χ1v) is 8.59. The lowest BCUT2D eigenvalue weighted by Gasteiger charge is -2.12. The Morgan fingerprint density at radius 2 is 1.87 bits per heavy atom. The maximum absolute atomic E-state index is 12.5. The summed E-state index contributed by atoms with van der Waals surface area (Å²) < 4.78 is 0. The van der Waals surface area contributed by atoms with Crippen molar-refractivity contribution in [2.24, 2.45) is 0 Å². The van der Waals surface area contributed by atoms with Crippen molar-refractivity contribution < 1.29 is 4.79 Å². The van der Waals surface area contributed by atoms with Gasteiger partial charge in [0.05, 0.1) is 6.04 Å². The molecule has 4 heteroatoms. The quantitative estimate of drug-likeness (QED) is 0.785. The van der Waals surface area contributed by atoms with Crippen LogP contribution in [0, 0.1) is 0 Å². The van der Waals surface area contributed by atoms with Crippen LogP contribution in [0.3, 0.4) is 0 Å². The fourth-order valence-corrected chi connectivity index (χ4v) is 3.84. The lowest BCUT2D eigenvalue weighted by atomic mass is 10.1. The largest absolute Gasteiger partial charge is 0.344 e. The predicted molar refractivity (Wildman–Crippen MR) is 92.5 cm³/mol. The van der Waals surface area contributed by atoms with Gasteiger partial charge in [0.2, 0.25) is 0 Å². The van der Waals surface area contributed by atoms with Crippen molar-refractivity contribution in [3.05, 3.63) is 76.8 Å². The Morgan fingerprint density at radius 3 is 2.74 bits per heavy atom. The molecule has 0 saturated heterocycles. The molecule has 0 aliphatic heterocycles. The fourth-order valence-electron chi connectivity index (χ4n) is 3.03. The van der Waals surface area contributed by atoms with E-state index in [0.717, 1.165) is 23.4 Å². The van der Waals surface area contributed by atoms with Crippen molar-refractivity contribution >= 4 is 17.2 Å². The first-order valence-electron chi connectivity index (χ1n) is 7.71. The van der Waals surface area contributed by atoms with Gasteiger partial charge in [-0.3, -0.25) is 4.79 Å². The fraction of sp³-hybridized carbons (Fsp3) is 0.158. The third kappa shape index (κ3) is 2.78. The molecule has 23 heavy (non-hydrogen) atoms. The number of aromatic nitrogens is 1. The van der Waals surface area contributed by atoms with Crippen LogP contribution in [0.2, 0.25) is 0 Å². The Morgan fingerprint density at radius 1 is 1.09 bits per heavy atom. The van der Waals surface area contributed by atoms with Gasteiger partial charge in [-0.25, -0.2) is 4.98 Å². The van der Waals surface area contributed by atoms with E-state index in [-0.39, 0.29) is 11.9 Å². The van der Waals surface area contributed by atoms with Crippen LogP contribution >= 0.6 is 11.3 Å². The number of nitrogens with one attached hydrogen (secondary N) is 1. The van der Waals surface area contributed by atoms with E-state index in [0.29, 0.717) is 5.69 Å². The molecule has 1 atom stereocenters. The topological polar surface area (TPSA) is 42.0 Å². The van der Waals surface area contributed by atoms with Crippen LogP contribution in [0.15, 0.2) is 60.0 Å². The van der Waals surface area contributed by atoms with E-state index in [2.05, 4.69) is 28.5 Å². The van der Waals surface area contributed by atoms with E-state index in [1.54, 1.807) is 0 Å². The zero-order valence-corrected chi connectivity index (χ0v) is 13.3. The van der Waals surface area contributed by atoms with E-state index < -0.39 is 0 Å². The Hall–Kier alpha value is -2.46. The van der Waals surface area contributed by atoms with Gasteiger partial charge in [-0.15, -0.1) is 11.3 Å². The number of carbonyl (C=O) groups excluding carboxylic acids is 1. The molecule has 1 unspecified atom stereocenters. The molecule has 114 valence electrons. The first kappa shape index (κ1) is 14.2. The Kier molecular flexibility index (Phi) is 3.67. The van der Waals surface area contributed by atoms with Gasteiger partial charge in [-0.05, 0) is 24.0 Å². The van der Waals surface area contributed by atoms with E-state index in [1.165, 1.54) is 22.5 Å². The summed E-state index contributed by atoms with van der Waals surface area (Å²) >= 11 is 1.50. The molecular formula is C19H16N2OS. The minimum absolute atomic E-state index is 0.0925. The molecule has 2 aromatic carbocycles. The van der Waals surface area contributed by atoms with Crippen LogP contribution in [0.4, 0.5) is 0 Å². The first-order chi connectivity index (χ1) is 11.3. The molecule has 0 fully saturated rings. The molecule has 1 N–H and O–H groups in total. The number of rotatable bonds is 3. The average Bonchev–Trinajstić information content (AvgIpc) is 3.24. The average molecular weight is 320 g/mol. The summed E-state index contributed by atoms with van der Waals surface area (Å²) in [7, 11) is 0. The van der Waals surface area contributed by atoms with E-state index in [9.17, 15) is 4.79 Å². The van der Waals surface area contributed by atoms with Crippen molar-refractivity contribution in [3.8, 4) is 10.6 Å². The van der Waals surface area contributed by atoms with Crippen LogP contribution in [-0.2, 0) is 6.42 Å². The second-order valence-corrected chi connectivity index (χ2v) is 6.53. The highest BCUT2D eigenvalue weighted by Crippen LogP contribution is 2.31. The zero-order chi connectivity index (χ0) is 15.6. The number of carbonyl (C=O) groups is 1. The smallest absolute Gasteiger partial charge is 0.271 e. The van der Waals surface area contributed by atoms with Crippen LogP contribution < -0.4 is 5.32 Å². The molecule has 0 saturated carbocycles. The maximum Gasteiger partial charge on any atom is 0.271 e. The van der Waals surface area contributed by atoms with Gasteiger partial charge in [-0.2, -0.15) is 0 Å². The molecule has 1 aliphatic carbocycles. The molecular weight excluding hydrogens is 304 g/mol. The van der Waals surface area contributed by atoms with Crippen LogP contribution in [0.25, 0.3) is 10.6 Å². The van der Waals surface area contributed by atoms with Crippen molar-refractivity contribution in [2.45, 2.75) is 18.9 Å². The van der Waals surface area contributed by atoms with Crippen molar-refractivity contribution in [2.75, 3.05) is 0 Å². The van der Waals surface area contributed by atoms with Crippen LogP contribution in [-0.4, -0.2) is 10.9 Å². The van der Waals surface area contributed by atoms with Gasteiger partial charge in [0.15, 0.2) is 0 Å². The molecule has 1 aliphatic rings. The zero-order valence-electron chi connectivity index (χ0n) is 12.5. The highest BCUT2D eigenvalue weighted by Gasteiger charge is 2.24. The number of nitrogens with zero attached hydrogens (tertiary/aromatic N) is 1. The van der Waals surface area contributed by atoms with E-state index in [4.69, 9.17) is 0 Å². The van der Waals surface area contributed by atoms with E-state index in [1.807, 2.05) is 41.8 Å². The lowest BCUT2D eigenvalue weighted by molar-refractivity contribution is 0.0932. The van der Waals surface area contributed by atoms with Crippen molar-refractivity contribution in [1.82, 2.24) is 10.3 Å². The summed E-state index contributed by atoms with van der Waals surface area (Å²) in [6, 6.07) is 18.4. The van der Waals surface area contributed by atoms with Gasteiger partial charge >= 0.3 is 0 Å². The van der Waals surface area contributed by atoms with Crippen LogP contribution in [0.5, 0.6) is 0 Å². The molecule has 3 aromatic rings. The third-order valence-electron chi connectivity index (χ3n) is 4.20. The molecule has 1 amide bonds. The van der Waals surface area contributed by atoms with Gasteiger partial charge in [0.1, 0.15) is 10.7 Å². The lowest BCUT2D eigenvalue weighted by Crippen LogP contribution is -2.27. The number of fused-ring (bicyclic) bond motifs is 1. The number of hydrogen-bond donors (Lipinski definition) is 1. The predicted octanol–water partition coefficient (Wildman–Crippen LogP) is 4.23. The Bertz CT molecular complexity index is 841. The minimum Gasteiger partial charge on any atom is -0.344 e. The molecule has 0 spiro atoms.